The van der Waals surface area contributed by atoms with Gasteiger partial charge in [0.15, 0.2) is 0 Å². The minimum Gasteiger partial charge on any atom is -0.811 e. The zero-order chi connectivity index (χ0) is 12.1. The molecule has 0 N–H and O–H groups in total. The fourth-order valence-corrected chi connectivity index (χ4v) is 1.51. The van der Waals surface area contributed by atoms with Crippen LogP contribution in [-0.4, -0.2) is 23.7 Å². The number of hydroxylamine groups is 2. The lowest BCUT2D eigenvalue weighted by atomic mass is 10.1. The van der Waals surface area contributed by atoms with E-state index in [2.05, 4.69) is 0 Å². The maximum absolute atomic E-state index is 11.1. The van der Waals surface area contributed by atoms with E-state index in [1.165, 1.54) is 0 Å². The third-order valence-corrected chi connectivity index (χ3v) is 2.52. The van der Waals surface area contributed by atoms with Crippen LogP contribution < -0.4 is 9.79 Å². The first-order chi connectivity index (χ1) is 6.72. The van der Waals surface area contributed by atoms with Gasteiger partial charge >= 0.3 is 0 Å². The van der Waals surface area contributed by atoms with E-state index in [1.807, 2.05) is 0 Å². The van der Waals surface area contributed by atoms with E-state index in [0.717, 1.165) is 0 Å². The Morgan fingerprint density at radius 1 is 1.40 bits per heavy atom. The fourth-order valence-electron chi connectivity index (χ4n) is 0.984. The number of amides is 1. The maximum atomic E-state index is 11.1. The van der Waals surface area contributed by atoms with Crippen molar-refractivity contribution in [3.63, 3.8) is 0 Å². The van der Waals surface area contributed by atoms with E-state index < -0.39 is 19.7 Å². The summed E-state index contributed by atoms with van der Waals surface area (Å²) in [5, 5.41) is 11.3. The Hall–Kier alpha value is -0.420. The first-order valence-electron chi connectivity index (χ1n) is 4.71. The van der Waals surface area contributed by atoms with Crippen LogP contribution in [0, 0.1) is 11.1 Å². The Bertz CT molecular complexity index is 249. The average molecular weight is 236 g/mol. The summed E-state index contributed by atoms with van der Waals surface area (Å²) in [6.45, 7) is 3.37. The number of carbonyl (C=O) groups excluding carboxylic acids is 1. The van der Waals surface area contributed by atoms with Crippen molar-refractivity contribution in [3.05, 3.63) is 5.21 Å². The summed E-state index contributed by atoms with van der Waals surface area (Å²) in [7, 11) is -4.56. The summed E-state index contributed by atoms with van der Waals surface area (Å²) in [5.74, 6) is -0.490. The molecule has 0 saturated heterocycles. The number of nitrogens with zero attached hydrogens (tertiary/aromatic N) is 1. The van der Waals surface area contributed by atoms with Gasteiger partial charge in [-0.05, 0) is 18.5 Å². The van der Waals surface area contributed by atoms with E-state index in [1.54, 1.807) is 13.8 Å². The van der Waals surface area contributed by atoms with Gasteiger partial charge in [0.05, 0.1) is 0 Å². The molecule has 0 aromatic carbocycles. The zero-order valence-electron chi connectivity index (χ0n) is 8.84. The summed E-state index contributed by atoms with van der Waals surface area (Å²) in [5.41, 5.74) is 0. The highest BCUT2D eigenvalue weighted by Crippen LogP contribution is 2.23. The van der Waals surface area contributed by atoms with Crippen LogP contribution in [0.4, 0.5) is 0 Å². The second-order valence-corrected chi connectivity index (χ2v) is 5.45. The molecule has 0 rings (SSSR count). The van der Waals surface area contributed by atoms with Gasteiger partial charge < -0.3 is 24.6 Å². The van der Waals surface area contributed by atoms with Crippen LogP contribution in [0.3, 0.4) is 0 Å². The molecule has 0 bridgehead atoms. The van der Waals surface area contributed by atoms with Crippen LogP contribution in [0.1, 0.15) is 26.7 Å². The first-order valence-corrected chi connectivity index (χ1v) is 6.43. The van der Waals surface area contributed by atoms with Crippen molar-refractivity contribution in [3.8, 4) is 0 Å². The van der Waals surface area contributed by atoms with Gasteiger partial charge in [0.1, 0.15) is 0 Å². The SMILES string of the molecule is CC(C)CC(=O)N([O-])CCCP(=O)([O-])[O-]. The van der Waals surface area contributed by atoms with Crippen molar-refractivity contribution in [1.82, 2.24) is 5.06 Å². The lowest BCUT2D eigenvalue weighted by molar-refractivity contribution is -0.313. The van der Waals surface area contributed by atoms with E-state index >= 15 is 0 Å². The molecule has 0 aliphatic heterocycles. The molecule has 0 aliphatic rings. The standard InChI is InChI=1S/C8H17NO5P/c1-7(2)6-8(10)9(11)4-3-5-15(12,13)14/h7H,3-6H2,1-2H3,(H2,12,13,14)/q-1/p-2. The van der Waals surface area contributed by atoms with Gasteiger partial charge in [-0.15, -0.1) is 0 Å². The topological polar surface area (TPSA) is 107 Å². The number of hydrogen-bond donors (Lipinski definition) is 0. The highest BCUT2D eigenvalue weighted by Gasteiger charge is 2.06. The number of hydrogen-bond acceptors (Lipinski definition) is 5. The van der Waals surface area contributed by atoms with Crippen molar-refractivity contribution in [2.45, 2.75) is 26.7 Å². The van der Waals surface area contributed by atoms with E-state index in [4.69, 9.17) is 0 Å². The molecule has 6 nitrogen and oxygen atoms in total. The molecule has 0 aromatic rings. The zero-order valence-corrected chi connectivity index (χ0v) is 9.74. The normalized spacial score (nSPS) is 11.9. The number of rotatable bonds is 6. The van der Waals surface area contributed by atoms with Gasteiger partial charge in [0.2, 0.25) is 5.91 Å². The summed E-state index contributed by atoms with van der Waals surface area (Å²) in [4.78, 5) is 31.6. The molecule has 0 aromatic heterocycles. The molecular weight excluding hydrogens is 221 g/mol. The molecule has 0 saturated carbocycles. The van der Waals surface area contributed by atoms with Crippen LogP contribution in [0.25, 0.3) is 0 Å². The van der Waals surface area contributed by atoms with E-state index in [-0.39, 0.29) is 30.4 Å². The molecule has 0 heterocycles. The minimum atomic E-state index is -4.56. The lowest BCUT2D eigenvalue weighted by Gasteiger charge is -2.33. The van der Waals surface area contributed by atoms with Gasteiger partial charge in [0.25, 0.3) is 0 Å². The minimum absolute atomic E-state index is 0.0825. The molecule has 0 aliphatic carbocycles. The van der Waals surface area contributed by atoms with Crippen molar-refractivity contribution in [2.75, 3.05) is 12.7 Å². The van der Waals surface area contributed by atoms with Crippen molar-refractivity contribution in [2.24, 2.45) is 5.92 Å². The van der Waals surface area contributed by atoms with Crippen LogP contribution in [-0.2, 0) is 9.36 Å². The third-order valence-electron chi connectivity index (χ3n) is 1.65. The van der Waals surface area contributed by atoms with Crippen molar-refractivity contribution in [1.29, 1.82) is 0 Å². The lowest BCUT2D eigenvalue weighted by Crippen LogP contribution is -2.28. The van der Waals surface area contributed by atoms with E-state index in [0.29, 0.717) is 0 Å². The van der Waals surface area contributed by atoms with Crippen LogP contribution in [0.2, 0.25) is 0 Å². The fraction of sp³-hybridized carbons (Fsp3) is 0.875. The predicted octanol–water partition coefficient (Wildman–Crippen LogP) is -0.337. The molecule has 1 amide bonds. The highest BCUT2D eigenvalue weighted by molar-refractivity contribution is 7.48. The molecule has 90 valence electrons. The van der Waals surface area contributed by atoms with Crippen LogP contribution in [0.15, 0.2) is 0 Å². The second-order valence-electron chi connectivity index (χ2n) is 3.78. The molecular formula is C8H15NO5P-3. The molecule has 0 fully saturated rings. The van der Waals surface area contributed by atoms with Crippen molar-refractivity contribution < 1.29 is 19.1 Å². The summed E-state index contributed by atoms with van der Waals surface area (Å²) in [6, 6.07) is 0. The second kappa shape index (κ2) is 6.23. The Kier molecular flexibility index (Phi) is 6.05. The molecule has 0 spiro atoms. The van der Waals surface area contributed by atoms with Crippen LogP contribution >= 0.6 is 7.60 Å². The molecule has 15 heavy (non-hydrogen) atoms. The molecule has 0 atom stereocenters. The van der Waals surface area contributed by atoms with Gasteiger partial charge in [-0.2, -0.15) is 0 Å². The third kappa shape index (κ3) is 8.57. The Morgan fingerprint density at radius 3 is 2.33 bits per heavy atom. The highest BCUT2D eigenvalue weighted by atomic mass is 31.2. The van der Waals surface area contributed by atoms with Gasteiger partial charge in [-0.3, -0.25) is 4.79 Å². The largest absolute Gasteiger partial charge is 0.811 e. The van der Waals surface area contributed by atoms with Gasteiger partial charge in [-0.25, -0.2) is 0 Å². The van der Waals surface area contributed by atoms with Crippen LogP contribution in [0.5, 0.6) is 0 Å². The Morgan fingerprint density at radius 2 is 1.93 bits per heavy atom. The molecule has 0 unspecified atom stereocenters. The van der Waals surface area contributed by atoms with Gasteiger partial charge in [-0.1, -0.05) is 21.4 Å². The number of carbonyl (C=O) groups is 1. The molecule has 0 radical (unpaired) electrons. The summed E-state index contributed by atoms with van der Waals surface area (Å²) < 4.78 is 10.2. The predicted molar refractivity (Wildman–Crippen MR) is 51.6 cm³/mol. The summed E-state index contributed by atoms with van der Waals surface area (Å²) >= 11 is 0. The first kappa shape index (κ1) is 14.6. The smallest absolute Gasteiger partial charge is 0.212 e. The molecule has 7 heteroatoms. The van der Waals surface area contributed by atoms with Crippen molar-refractivity contribution >= 4 is 13.5 Å². The van der Waals surface area contributed by atoms with E-state index in [9.17, 15) is 24.4 Å². The maximum Gasteiger partial charge on any atom is 0.212 e. The quantitative estimate of drug-likeness (QED) is 0.463. The monoisotopic (exact) mass is 236 g/mol. The van der Waals surface area contributed by atoms with Gasteiger partial charge in [0, 0.05) is 13.0 Å². The Labute approximate surface area is 89.0 Å². The summed E-state index contributed by atoms with van der Waals surface area (Å²) in [6.07, 6.45) is -0.547. The average Bonchev–Trinajstić information content (AvgIpc) is 2.00. The Balaban J connectivity index is 3.79.